The molecule has 0 fully saturated rings. The van der Waals surface area contributed by atoms with Crippen LogP contribution in [0.15, 0.2) is 0 Å². The first kappa shape index (κ1) is 30.4. The minimum atomic E-state index is -0.691. The van der Waals surface area contributed by atoms with Gasteiger partial charge >= 0.3 is 0 Å². The summed E-state index contributed by atoms with van der Waals surface area (Å²) < 4.78 is 0. The first-order chi connectivity index (χ1) is 14.7. The first-order valence-electron chi connectivity index (χ1n) is 14.6. The summed E-state index contributed by atoms with van der Waals surface area (Å²) >= 11 is 0. The van der Waals surface area contributed by atoms with Gasteiger partial charge in [0.05, 0.1) is 24.6 Å². The fourth-order valence-electron chi connectivity index (χ4n) is 5.05. The molecule has 30 heavy (non-hydrogen) atoms. The molecule has 0 spiro atoms. The van der Waals surface area contributed by atoms with Crippen molar-refractivity contribution < 1.29 is 0 Å². The van der Waals surface area contributed by atoms with Crippen molar-refractivity contribution in [3.8, 4) is 0 Å². The lowest BCUT2D eigenvalue weighted by Crippen LogP contribution is -2.13. The van der Waals surface area contributed by atoms with Crippen LogP contribution in [0, 0.1) is 0 Å². The second-order valence-corrected chi connectivity index (χ2v) is 14.7. The zero-order valence-electron chi connectivity index (χ0n) is 22.1. The quantitative estimate of drug-likeness (QED) is 0.0975. The molecule has 0 aliphatic heterocycles. The topological polar surface area (TPSA) is 0 Å². The third kappa shape index (κ3) is 19.1. The lowest BCUT2D eigenvalue weighted by atomic mass is 10.1. The molecule has 0 bridgehead atoms. The van der Waals surface area contributed by atoms with Gasteiger partial charge < -0.3 is 0 Å². The Hall–Kier alpha value is 0.430. The molecular formula is C29H62P+. The van der Waals surface area contributed by atoms with E-state index in [1.165, 1.54) is 109 Å². The van der Waals surface area contributed by atoms with Gasteiger partial charge in [0.15, 0.2) is 0 Å². The molecule has 0 aliphatic rings. The summed E-state index contributed by atoms with van der Waals surface area (Å²) in [4.78, 5) is 0. The fraction of sp³-hybridized carbons (Fsp3) is 1.00. The van der Waals surface area contributed by atoms with E-state index < -0.39 is 7.26 Å². The van der Waals surface area contributed by atoms with Gasteiger partial charge in [0.1, 0.15) is 0 Å². The summed E-state index contributed by atoms with van der Waals surface area (Å²) in [7, 11) is -0.691. The smallest absolute Gasteiger partial charge is 0.0594 e. The third-order valence-electron chi connectivity index (χ3n) is 7.19. The van der Waals surface area contributed by atoms with Crippen molar-refractivity contribution >= 4 is 7.26 Å². The van der Waals surface area contributed by atoms with Crippen LogP contribution < -0.4 is 0 Å². The predicted molar refractivity (Wildman–Crippen MR) is 146 cm³/mol. The van der Waals surface area contributed by atoms with Gasteiger partial charge in [-0.15, -0.1) is 0 Å². The second-order valence-electron chi connectivity index (χ2n) is 10.2. The van der Waals surface area contributed by atoms with E-state index in [4.69, 9.17) is 0 Å². The van der Waals surface area contributed by atoms with Crippen LogP contribution in [0.25, 0.3) is 0 Å². The number of hydrogen-bond donors (Lipinski definition) is 0. The number of rotatable bonds is 25. The van der Waals surface area contributed by atoms with E-state index in [2.05, 4.69) is 27.7 Å². The standard InChI is InChI=1S/C29H62P/c1-5-9-13-17-18-19-21-25-29-30(26-22-15-11-7-3,27-23-16-12-8-4)28-24-20-14-10-6-2/h5-29H2,1-4H3/q+1. The average Bonchev–Trinajstić information content (AvgIpc) is 2.76. The van der Waals surface area contributed by atoms with Crippen LogP contribution in [0.5, 0.6) is 0 Å². The minimum absolute atomic E-state index is 0.691. The van der Waals surface area contributed by atoms with E-state index in [1.54, 1.807) is 50.3 Å². The van der Waals surface area contributed by atoms with E-state index in [0.29, 0.717) is 0 Å². The summed E-state index contributed by atoms with van der Waals surface area (Å²) in [6.45, 7) is 9.40. The maximum atomic E-state index is 2.36. The molecule has 0 radical (unpaired) electrons. The Morgan fingerprint density at radius 2 is 0.467 bits per heavy atom. The van der Waals surface area contributed by atoms with Crippen molar-refractivity contribution in [2.24, 2.45) is 0 Å². The van der Waals surface area contributed by atoms with E-state index in [0.717, 1.165) is 0 Å². The van der Waals surface area contributed by atoms with Crippen LogP contribution in [0.1, 0.15) is 163 Å². The van der Waals surface area contributed by atoms with Crippen molar-refractivity contribution in [3.63, 3.8) is 0 Å². The minimum Gasteiger partial charge on any atom is -0.0654 e. The largest absolute Gasteiger partial charge is 0.0654 e. The normalized spacial score (nSPS) is 12.0. The van der Waals surface area contributed by atoms with Crippen molar-refractivity contribution in [1.82, 2.24) is 0 Å². The molecule has 0 nitrogen and oxygen atoms in total. The molecule has 0 amide bonds. The summed E-state index contributed by atoms with van der Waals surface area (Å²) in [5, 5.41) is 0. The Morgan fingerprint density at radius 1 is 0.267 bits per heavy atom. The van der Waals surface area contributed by atoms with Gasteiger partial charge in [-0.1, -0.05) is 111 Å². The van der Waals surface area contributed by atoms with Gasteiger partial charge in [-0.05, 0) is 51.4 Å². The van der Waals surface area contributed by atoms with Gasteiger partial charge in [-0.25, -0.2) is 0 Å². The zero-order valence-corrected chi connectivity index (χ0v) is 23.0. The van der Waals surface area contributed by atoms with E-state index >= 15 is 0 Å². The molecule has 0 unspecified atom stereocenters. The molecule has 0 atom stereocenters. The molecule has 0 saturated carbocycles. The molecule has 0 aromatic rings. The Kier molecular flexibility index (Phi) is 24.4. The molecule has 0 aliphatic carbocycles. The summed E-state index contributed by atoms with van der Waals surface area (Å²) in [5.74, 6) is 0. The Labute approximate surface area is 194 Å². The molecule has 0 heterocycles. The van der Waals surface area contributed by atoms with Crippen LogP contribution >= 0.6 is 7.26 Å². The number of hydrogen-bond acceptors (Lipinski definition) is 0. The molecule has 182 valence electrons. The molecule has 0 N–H and O–H groups in total. The van der Waals surface area contributed by atoms with Crippen molar-refractivity contribution in [2.45, 2.75) is 163 Å². The molecular weight excluding hydrogens is 379 g/mol. The van der Waals surface area contributed by atoms with Crippen LogP contribution in [-0.2, 0) is 0 Å². The van der Waals surface area contributed by atoms with Gasteiger partial charge in [0.25, 0.3) is 0 Å². The summed E-state index contributed by atoms with van der Waals surface area (Å²) in [5.41, 5.74) is 0. The monoisotopic (exact) mass is 441 g/mol. The van der Waals surface area contributed by atoms with Crippen LogP contribution in [0.4, 0.5) is 0 Å². The van der Waals surface area contributed by atoms with E-state index in [1.807, 2.05) is 0 Å². The van der Waals surface area contributed by atoms with Crippen molar-refractivity contribution in [3.05, 3.63) is 0 Å². The Balaban J connectivity index is 4.58. The van der Waals surface area contributed by atoms with Crippen LogP contribution in [0.3, 0.4) is 0 Å². The maximum Gasteiger partial charge on any atom is 0.0594 e. The average molecular weight is 442 g/mol. The van der Waals surface area contributed by atoms with Gasteiger partial charge in [0, 0.05) is 7.26 Å². The molecule has 1 heteroatoms. The number of unbranched alkanes of at least 4 members (excludes halogenated alkanes) is 17. The van der Waals surface area contributed by atoms with Crippen molar-refractivity contribution in [1.29, 1.82) is 0 Å². The van der Waals surface area contributed by atoms with E-state index in [9.17, 15) is 0 Å². The molecule has 0 rings (SSSR count). The Morgan fingerprint density at radius 3 is 0.733 bits per heavy atom. The lowest BCUT2D eigenvalue weighted by Gasteiger charge is -2.28. The fourth-order valence-corrected chi connectivity index (χ4v) is 9.97. The van der Waals surface area contributed by atoms with Gasteiger partial charge in [-0.3, -0.25) is 0 Å². The molecule has 0 aromatic carbocycles. The van der Waals surface area contributed by atoms with Crippen LogP contribution in [-0.4, -0.2) is 24.6 Å². The molecule has 0 saturated heterocycles. The Bertz CT molecular complexity index is 299. The highest BCUT2D eigenvalue weighted by Gasteiger charge is 2.34. The second kappa shape index (κ2) is 24.1. The van der Waals surface area contributed by atoms with Gasteiger partial charge in [-0.2, -0.15) is 0 Å². The maximum absolute atomic E-state index is 2.36. The first-order valence-corrected chi connectivity index (χ1v) is 17.1. The highest BCUT2D eigenvalue weighted by Crippen LogP contribution is 2.61. The van der Waals surface area contributed by atoms with Crippen molar-refractivity contribution in [2.75, 3.05) is 24.6 Å². The van der Waals surface area contributed by atoms with Gasteiger partial charge in [0.2, 0.25) is 0 Å². The highest BCUT2D eigenvalue weighted by molar-refractivity contribution is 7.75. The third-order valence-corrected chi connectivity index (χ3v) is 12.3. The zero-order chi connectivity index (χ0) is 22.2. The summed E-state index contributed by atoms with van der Waals surface area (Å²) in [6.07, 6.45) is 37.6. The van der Waals surface area contributed by atoms with Crippen LogP contribution in [0.2, 0.25) is 0 Å². The SMILES string of the molecule is CCCCCCCCCC[P+](CCCCCC)(CCCCCC)CCCCCCC. The molecule has 0 aromatic heterocycles. The predicted octanol–water partition coefficient (Wildman–Crippen LogP) is 11.3. The highest BCUT2D eigenvalue weighted by atomic mass is 31.2. The summed E-state index contributed by atoms with van der Waals surface area (Å²) in [6, 6.07) is 0. The van der Waals surface area contributed by atoms with E-state index in [-0.39, 0.29) is 0 Å². The lowest BCUT2D eigenvalue weighted by molar-refractivity contribution is 0.585.